The van der Waals surface area contributed by atoms with E-state index in [2.05, 4.69) is 231 Å². The van der Waals surface area contributed by atoms with Crippen molar-refractivity contribution in [1.29, 1.82) is 0 Å². The molecule has 2 aliphatic rings. The Balaban J connectivity index is 1.34. The Labute approximate surface area is 359 Å². The average molecular weight is 791 g/mol. The van der Waals surface area contributed by atoms with Crippen LogP contribution < -0.4 is 0 Å². The predicted octanol–water partition coefficient (Wildman–Crippen LogP) is 13.3. The van der Waals surface area contributed by atoms with Gasteiger partial charge in [-0.1, -0.05) is 218 Å². The Hall–Kier alpha value is -8.08. The van der Waals surface area contributed by atoms with Gasteiger partial charge in [-0.3, -0.25) is 0 Å². The molecule has 62 heavy (non-hydrogen) atoms. The number of fused-ring (bicyclic) bond motifs is 6. The highest BCUT2D eigenvalue weighted by Crippen LogP contribution is 2.58. The monoisotopic (exact) mass is 790 g/mol. The summed E-state index contributed by atoms with van der Waals surface area (Å²) in [6.07, 6.45) is 0. The minimum absolute atomic E-state index is 0.790. The standard InChI is InChI=1S/C58H38N4/c1-5-21-39(22-6-1)53-54(40-23-7-2-8-24-40)60-57(59-53,51-37-43-29-13-15-31-45(43)47-33-17-19-35-49(47)51)58(52-38-44-30-14-16-32-46(44)48-34-18-20-36-50(48)52)61-55(41-25-9-3-10-26-41)56(62-58)42-27-11-4-12-28-42/h1-38H. The Morgan fingerprint density at radius 1 is 0.226 bits per heavy atom. The first-order valence-electron chi connectivity index (χ1n) is 21.1. The molecule has 10 aromatic carbocycles. The molecule has 0 radical (unpaired) electrons. The van der Waals surface area contributed by atoms with Crippen LogP contribution in [0.1, 0.15) is 33.4 Å². The van der Waals surface area contributed by atoms with Gasteiger partial charge in [0, 0.05) is 33.4 Å². The smallest absolute Gasteiger partial charge is 0.227 e. The molecular formula is C58H38N4. The van der Waals surface area contributed by atoms with E-state index in [0.717, 1.165) is 99.3 Å². The molecule has 290 valence electrons. The maximum atomic E-state index is 6.15. The number of hydrogen-bond acceptors (Lipinski definition) is 4. The van der Waals surface area contributed by atoms with Gasteiger partial charge >= 0.3 is 0 Å². The molecule has 0 amide bonds. The summed E-state index contributed by atoms with van der Waals surface area (Å²) >= 11 is 0. The fraction of sp³-hybridized carbons (Fsp3) is 0.0345. The van der Waals surface area contributed by atoms with Crippen LogP contribution >= 0.6 is 0 Å². The predicted molar refractivity (Wildman–Crippen MR) is 258 cm³/mol. The SMILES string of the molecule is c1ccc(C2=NC(c3cc4ccccc4c4ccccc34)(C3(c4cc5ccccc5c5ccccc45)N=C(c4ccccc4)C(c4ccccc4)=N3)N=C2c2ccccc2)cc1. The van der Waals surface area contributed by atoms with E-state index in [-0.39, 0.29) is 0 Å². The molecule has 0 saturated carbocycles. The Morgan fingerprint density at radius 3 is 0.774 bits per heavy atom. The Morgan fingerprint density at radius 2 is 0.468 bits per heavy atom. The van der Waals surface area contributed by atoms with Crippen LogP contribution in [0.25, 0.3) is 43.1 Å². The first-order chi connectivity index (χ1) is 30.7. The van der Waals surface area contributed by atoms with Crippen molar-refractivity contribution in [1.82, 2.24) is 0 Å². The quantitative estimate of drug-likeness (QED) is 0.144. The van der Waals surface area contributed by atoms with Gasteiger partial charge in [-0.15, -0.1) is 0 Å². The van der Waals surface area contributed by atoms with E-state index in [4.69, 9.17) is 20.0 Å². The molecule has 4 heteroatoms. The molecule has 2 aliphatic heterocycles. The van der Waals surface area contributed by atoms with Crippen LogP contribution in [0.3, 0.4) is 0 Å². The Bertz CT molecular complexity index is 3150. The number of rotatable bonds is 7. The second-order valence-corrected chi connectivity index (χ2v) is 16.0. The summed E-state index contributed by atoms with van der Waals surface area (Å²) in [5.41, 5.74) is 5.94. The summed E-state index contributed by atoms with van der Waals surface area (Å²) in [4.78, 5) is 24.6. The van der Waals surface area contributed by atoms with Gasteiger partial charge in [0.1, 0.15) is 0 Å². The normalized spacial score (nSPS) is 15.4. The Kier molecular flexibility index (Phi) is 8.26. The molecule has 12 rings (SSSR count). The third-order valence-electron chi connectivity index (χ3n) is 12.5. The van der Waals surface area contributed by atoms with Crippen molar-refractivity contribution in [3.63, 3.8) is 0 Å². The van der Waals surface area contributed by atoms with Crippen molar-refractivity contribution in [3.8, 4) is 0 Å². The molecule has 0 spiro atoms. The van der Waals surface area contributed by atoms with Gasteiger partial charge in [0.05, 0.1) is 22.8 Å². The van der Waals surface area contributed by atoms with Gasteiger partial charge in [-0.25, -0.2) is 20.0 Å². The molecule has 0 aliphatic carbocycles. The van der Waals surface area contributed by atoms with Crippen molar-refractivity contribution < 1.29 is 0 Å². The molecule has 0 fully saturated rings. The number of nitrogens with zero attached hydrogens (tertiary/aromatic N) is 4. The molecule has 0 N–H and O–H groups in total. The largest absolute Gasteiger partial charge is 0.243 e. The van der Waals surface area contributed by atoms with Crippen LogP contribution in [0.2, 0.25) is 0 Å². The first-order valence-corrected chi connectivity index (χ1v) is 21.1. The molecule has 0 unspecified atom stereocenters. The lowest BCUT2D eigenvalue weighted by Crippen LogP contribution is -2.43. The van der Waals surface area contributed by atoms with Crippen LogP contribution in [0.5, 0.6) is 0 Å². The highest BCUT2D eigenvalue weighted by atomic mass is 15.3. The van der Waals surface area contributed by atoms with Crippen molar-refractivity contribution in [2.45, 2.75) is 11.3 Å². The summed E-state index contributed by atoms with van der Waals surface area (Å²) in [6, 6.07) is 81.1. The summed E-state index contributed by atoms with van der Waals surface area (Å²) in [6.45, 7) is 0. The van der Waals surface area contributed by atoms with E-state index in [1.807, 2.05) is 0 Å². The van der Waals surface area contributed by atoms with Crippen molar-refractivity contribution >= 4 is 65.9 Å². The molecule has 4 nitrogen and oxygen atoms in total. The third-order valence-corrected chi connectivity index (χ3v) is 12.5. The maximum absolute atomic E-state index is 6.15. The zero-order valence-corrected chi connectivity index (χ0v) is 33.7. The lowest BCUT2D eigenvalue weighted by atomic mass is 9.77. The van der Waals surface area contributed by atoms with Crippen molar-refractivity contribution in [2.75, 3.05) is 0 Å². The fourth-order valence-electron chi connectivity index (χ4n) is 9.71. The summed E-state index contributed by atoms with van der Waals surface area (Å²) in [5.74, 6) is 0. The van der Waals surface area contributed by atoms with Crippen LogP contribution in [0.4, 0.5) is 0 Å². The van der Waals surface area contributed by atoms with E-state index in [9.17, 15) is 0 Å². The van der Waals surface area contributed by atoms with Gasteiger partial charge < -0.3 is 0 Å². The molecule has 0 saturated heterocycles. The van der Waals surface area contributed by atoms with Gasteiger partial charge in [0.15, 0.2) is 0 Å². The van der Waals surface area contributed by atoms with Crippen LogP contribution in [-0.2, 0) is 11.3 Å². The molecular weight excluding hydrogens is 753 g/mol. The van der Waals surface area contributed by atoms with Crippen LogP contribution in [-0.4, -0.2) is 22.8 Å². The third kappa shape index (κ3) is 5.47. The zero-order valence-electron chi connectivity index (χ0n) is 33.7. The maximum Gasteiger partial charge on any atom is 0.227 e. The van der Waals surface area contributed by atoms with E-state index < -0.39 is 11.3 Å². The molecule has 0 atom stereocenters. The minimum Gasteiger partial charge on any atom is -0.243 e. The van der Waals surface area contributed by atoms with Crippen molar-refractivity contribution in [2.24, 2.45) is 20.0 Å². The molecule has 0 bridgehead atoms. The first kappa shape index (κ1) is 35.8. The lowest BCUT2D eigenvalue weighted by Gasteiger charge is -2.40. The van der Waals surface area contributed by atoms with E-state index >= 15 is 0 Å². The molecule has 2 heterocycles. The number of benzene rings is 10. The minimum atomic E-state index is -1.48. The molecule has 0 aromatic heterocycles. The second kappa shape index (κ2) is 14.3. The highest BCUT2D eigenvalue weighted by Gasteiger charge is 2.61. The average Bonchev–Trinajstić information content (AvgIpc) is 3.97. The summed E-state index contributed by atoms with van der Waals surface area (Å²) in [5, 5.41) is 8.85. The lowest BCUT2D eigenvalue weighted by molar-refractivity contribution is 0.261. The van der Waals surface area contributed by atoms with Gasteiger partial charge in [0.2, 0.25) is 11.3 Å². The van der Waals surface area contributed by atoms with Crippen LogP contribution in [0.15, 0.2) is 250 Å². The topological polar surface area (TPSA) is 49.4 Å². The van der Waals surface area contributed by atoms with E-state index in [1.165, 1.54) is 0 Å². The number of aliphatic imine (C=N–C) groups is 4. The fourth-order valence-corrected chi connectivity index (χ4v) is 9.71. The second-order valence-electron chi connectivity index (χ2n) is 16.0. The van der Waals surface area contributed by atoms with Gasteiger partial charge in [-0.05, 0) is 55.2 Å². The van der Waals surface area contributed by atoms with Crippen molar-refractivity contribution in [3.05, 3.63) is 264 Å². The highest BCUT2D eigenvalue weighted by molar-refractivity contribution is 6.56. The van der Waals surface area contributed by atoms with Crippen LogP contribution in [0, 0.1) is 0 Å². The summed E-state index contributed by atoms with van der Waals surface area (Å²) < 4.78 is 0. The zero-order chi connectivity index (χ0) is 41.1. The summed E-state index contributed by atoms with van der Waals surface area (Å²) in [7, 11) is 0. The van der Waals surface area contributed by atoms with Gasteiger partial charge in [-0.2, -0.15) is 0 Å². The van der Waals surface area contributed by atoms with Gasteiger partial charge in [0.25, 0.3) is 0 Å². The van der Waals surface area contributed by atoms with E-state index in [0.29, 0.717) is 0 Å². The van der Waals surface area contributed by atoms with E-state index in [1.54, 1.807) is 0 Å². The number of hydrogen-bond donors (Lipinski definition) is 0. The molecule has 10 aromatic rings.